The van der Waals surface area contributed by atoms with Crippen molar-refractivity contribution in [3.63, 3.8) is 0 Å². The van der Waals surface area contributed by atoms with Gasteiger partial charge in [-0.3, -0.25) is 9.69 Å². The molecule has 2 aliphatic rings. The number of carbonyl (C=O) groups is 1. The van der Waals surface area contributed by atoms with Crippen LogP contribution >= 0.6 is 24.8 Å². The third-order valence-electron chi connectivity index (χ3n) is 4.72. The summed E-state index contributed by atoms with van der Waals surface area (Å²) in [5.74, 6) is -0.704. The average Bonchev–Trinajstić information content (AvgIpc) is 2.92. The van der Waals surface area contributed by atoms with Gasteiger partial charge in [-0.15, -0.1) is 24.8 Å². The van der Waals surface area contributed by atoms with Crippen LogP contribution in [0.2, 0.25) is 0 Å². The van der Waals surface area contributed by atoms with Crippen LogP contribution in [0.4, 0.5) is 0 Å². The first kappa shape index (κ1) is 20.2. The summed E-state index contributed by atoms with van der Waals surface area (Å²) in [6.07, 6.45) is 4.16. The zero-order valence-corrected chi connectivity index (χ0v) is 15.1. The van der Waals surface area contributed by atoms with E-state index in [0.29, 0.717) is 12.5 Å². The van der Waals surface area contributed by atoms with Gasteiger partial charge in [-0.05, 0) is 49.3 Å². The maximum atomic E-state index is 11.7. The largest absolute Gasteiger partial charge is 0.480 e. The molecule has 4 nitrogen and oxygen atoms in total. The van der Waals surface area contributed by atoms with Crippen LogP contribution < -0.4 is 5.32 Å². The zero-order valence-electron chi connectivity index (χ0n) is 13.5. The summed E-state index contributed by atoms with van der Waals surface area (Å²) >= 11 is 0. The maximum absolute atomic E-state index is 11.7. The Balaban J connectivity index is 0.00000132. The van der Waals surface area contributed by atoms with E-state index in [1.54, 1.807) is 0 Å². The van der Waals surface area contributed by atoms with Crippen molar-refractivity contribution in [3.8, 4) is 0 Å². The van der Waals surface area contributed by atoms with Gasteiger partial charge in [0.05, 0.1) is 0 Å². The van der Waals surface area contributed by atoms with Crippen LogP contribution in [0.1, 0.15) is 30.0 Å². The minimum Gasteiger partial charge on any atom is -0.480 e. The summed E-state index contributed by atoms with van der Waals surface area (Å²) in [6, 6.07) is 6.49. The molecular formula is C17H26Cl2N2O2. The average molecular weight is 361 g/mol. The number of carboxylic acid groups (broad SMARTS) is 1. The number of nitrogens with one attached hydrogen (secondary N) is 1. The standard InChI is InChI=1S/C17H24N2O2.2ClH/c1-12-11-19(8-7-18-12)16(17(20)21)10-13-5-6-14-3-2-4-15(14)9-13;;/h5-6,9,12,16,18H,2-4,7-8,10-11H2,1H3,(H,20,21);2*1H/t12-,16?;;/m0../s1. The second-order valence-corrected chi connectivity index (χ2v) is 6.36. The molecule has 1 aromatic carbocycles. The summed E-state index contributed by atoms with van der Waals surface area (Å²) in [4.78, 5) is 13.8. The van der Waals surface area contributed by atoms with Gasteiger partial charge in [0.1, 0.15) is 6.04 Å². The molecule has 2 N–H and O–H groups in total. The number of benzene rings is 1. The summed E-state index contributed by atoms with van der Waals surface area (Å²) in [5, 5.41) is 13.0. The Hall–Kier alpha value is -0.810. The number of aryl methyl sites for hydroxylation is 2. The number of fused-ring (bicyclic) bond motifs is 1. The van der Waals surface area contributed by atoms with Gasteiger partial charge in [0, 0.05) is 25.7 Å². The lowest BCUT2D eigenvalue weighted by atomic mass is 9.99. The lowest BCUT2D eigenvalue weighted by Crippen LogP contribution is -2.55. The molecule has 1 saturated heterocycles. The highest BCUT2D eigenvalue weighted by molar-refractivity contribution is 5.85. The Bertz CT molecular complexity index is 539. The zero-order chi connectivity index (χ0) is 14.8. The minimum absolute atomic E-state index is 0. The molecule has 23 heavy (non-hydrogen) atoms. The van der Waals surface area contributed by atoms with E-state index >= 15 is 0 Å². The van der Waals surface area contributed by atoms with E-state index in [2.05, 4.69) is 35.3 Å². The van der Waals surface area contributed by atoms with E-state index in [4.69, 9.17) is 0 Å². The first-order chi connectivity index (χ1) is 10.1. The molecule has 0 aromatic heterocycles. The van der Waals surface area contributed by atoms with Crippen LogP contribution in [-0.2, 0) is 24.1 Å². The van der Waals surface area contributed by atoms with Crippen molar-refractivity contribution in [2.24, 2.45) is 0 Å². The molecular weight excluding hydrogens is 335 g/mol. The predicted molar refractivity (Wildman–Crippen MR) is 97.1 cm³/mol. The van der Waals surface area contributed by atoms with Crippen molar-refractivity contribution in [2.75, 3.05) is 19.6 Å². The topological polar surface area (TPSA) is 52.6 Å². The third-order valence-corrected chi connectivity index (χ3v) is 4.72. The summed E-state index contributed by atoms with van der Waals surface area (Å²) in [5.41, 5.74) is 4.03. The molecule has 130 valence electrons. The van der Waals surface area contributed by atoms with Gasteiger partial charge >= 0.3 is 5.97 Å². The van der Waals surface area contributed by atoms with Crippen molar-refractivity contribution >= 4 is 30.8 Å². The molecule has 0 amide bonds. The smallest absolute Gasteiger partial charge is 0.321 e. The van der Waals surface area contributed by atoms with Crippen LogP contribution in [0.15, 0.2) is 18.2 Å². The molecule has 3 rings (SSSR count). The number of halogens is 2. The Labute approximate surface area is 150 Å². The van der Waals surface area contributed by atoms with Gasteiger partial charge in [-0.1, -0.05) is 18.2 Å². The van der Waals surface area contributed by atoms with E-state index in [-0.39, 0.29) is 24.8 Å². The van der Waals surface area contributed by atoms with E-state index in [9.17, 15) is 9.90 Å². The first-order valence-corrected chi connectivity index (χ1v) is 7.94. The van der Waals surface area contributed by atoms with E-state index in [0.717, 1.165) is 31.6 Å². The number of carboxylic acids is 1. The molecule has 1 unspecified atom stereocenters. The van der Waals surface area contributed by atoms with Crippen molar-refractivity contribution in [3.05, 3.63) is 34.9 Å². The van der Waals surface area contributed by atoms with E-state index in [1.165, 1.54) is 24.0 Å². The molecule has 0 saturated carbocycles. The van der Waals surface area contributed by atoms with Crippen LogP contribution in [0.5, 0.6) is 0 Å². The van der Waals surface area contributed by atoms with E-state index in [1.807, 2.05) is 0 Å². The number of piperazine rings is 1. The molecule has 0 spiro atoms. The normalized spacial score (nSPS) is 21.7. The first-order valence-electron chi connectivity index (χ1n) is 7.94. The molecule has 1 aliphatic heterocycles. The Kier molecular flexibility index (Phi) is 7.81. The quantitative estimate of drug-likeness (QED) is 0.864. The highest BCUT2D eigenvalue weighted by Crippen LogP contribution is 2.24. The molecule has 1 aromatic rings. The monoisotopic (exact) mass is 360 g/mol. The van der Waals surface area contributed by atoms with Crippen LogP contribution in [0.25, 0.3) is 0 Å². The maximum Gasteiger partial charge on any atom is 0.321 e. The van der Waals surface area contributed by atoms with Gasteiger partial charge in [-0.25, -0.2) is 0 Å². The van der Waals surface area contributed by atoms with Gasteiger partial charge < -0.3 is 10.4 Å². The van der Waals surface area contributed by atoms with Crippen molar-refractivity contribution < 1.29 is 9.90 Å². The molecule has 1 heterocycles. The Morgan fingerprint density at radius 2 is 2.09 bits per heavy atom. The number of rotatable bonds is 4. The number of nitrogens with zero attached hydrogens (tertiary/aromatic N) is 1. The van der Waals surface area contributed by atoms with Gasteiger partial charge in [-0.2, -0.15) is 0 Å². The third kappa shape index (κ3) is 4.83. The van der Waals surface area contributed by atoms with Gasteiger partial charge in [0.15, 0.2) is 0 Å². The van der Waals surface area contributed by atoms with Crippen LogP contribution in [0, 0.1) is 0 Å². The minimum atomic E-state index is -0.704. The Morgan fingerprint density at radius 3 is 2.78 bits per heavy atom. The van der Waals surface area contributed by atoms with Gasteiger partial charge in [0.25, 0.3) is 0 Å². The van der Waals surface area contributed by atoms with Crippen LogP contribution in [0.3, 0.4) is 0 Å². The molecule has 0 radical (unpaired) electrons. The summed E-state index contributed by atoms with van der Waals surface area (Å²) in [6.45, 7) is 4.60. The second kappa shape index (κ2) is 8.88. The highest BCUT2D eigenvalue weighted by atomic mass is 35.5. The van der Waals surface area contributed by atoms with Gasteiger partial charge in [0.2, 0.25) is 0 Å². The number of hydrogen-bond acceptors (Lipinski definition) is 3. The molecule has 1 aliphatic carbocycles. The fraction of sp³-hybridized carbons (Fsp3) is 0.588. The lowest BCUT2D eigenvalue weighted by molar-refractivity contribution is -0.143. The van der Waals surface area contributed by atoms with Crippen molar-refractivity contribution in [1.29, 1.82) is 0 Å². The summed E-state index contributed by atoms with van der Waals surface area (Å²) < 4.78 is 0. The molecule has 1 fully saturated rings. The van der Waals surface area contributed by atoms with Crippen molar-refractivity contribution in [2.45, 2.75) is 44.7 Å². The fourth-order valence-corrected chi connectivity index (χ4v) is 3.59. The van der Waals surface area contributed by atoms with Crippen molar-refractivity contribution in [1.82, 2.24) is 10.2 Å². The fourth-order valence-electron chi connectivity index (χ4n) is 3.59. The molecule has 2 atom stereocenters. The predicted octanol–water partition coefficient (Wildman–Crippen LogP) is 2.31. The second-order valence-electron chi connectivity index (χ2n) is 6.36. The highest BCUT2D eigenvalue weighted by Gasteiger charge is 2.29. The van der Waals surface area contributed by atoms with Crippen LogP contribution in [-0.4, -0.2) is 47.7 Å². The number of aliphatic carboxylic acids is 1. The molecule has 0 bridgehead atoms. The molecule has 6 heteroatoms. The van der Waals surface area contributed by atoms with E-state index < -0.39 is 12.0 Å². The summed E-state index contributed by atoms with van der Waals surface area (Å²) in [7, 11) is 0. The lowest BCUT2D eigenvalue weighted by Gasteiger charge is -2.35. The number of hydrogen-bond donors (Lipinski definition) is 2. The Morgan fingerprint density at radius 1 is 1.35 bits per heavy atom. The SMILES string of the molecule is C[C@H]1CN(C(Cc2ccc3c(c2)CCC3)C(=O)O)CCN1.Cl.Cl.